The summed E-state index contributed by atoms with van der Waals surface area (Å²) in [5, 5.41) is 5.73. The molecule has 1 aliphatic heterocycles. The molecule has 0 bridgehead atoms. The van der Waals surface area contributed by atoms with Gasteiger partial charge >= 0.3 is 6.18 Å². The lowest BCUT2D eigenvalue weighted by molar-refractivity contribution is -0.141. The molecule has 1 N–H and O–H groups in total. The van der Waals surface area contributed by atoms with Crippen molar-refractivity contribution < 1.29 is 27.5 Å². The zero-order valence-electron chi connectivity index (χ0n) is 14.6. The summed E-state index contributed by atoms with van der Waals surface area (Å²) in [6.45, 7) is 0.561. The van der Waals surface area contributed by atoms with Crippen LogP contribution in [0.15, 0.2) is 24.4 Å². The zero-order chi connectivity index (χ0) is 19.8. The van der Waals surface area contributed by atoms with Crippen molar-refractivity contribution in [2.24, 2.45) is 7.05 Å². The van der Waals surface area contributed by atoms with Crippen molar-refractivity contribution in [2.75, 3.05) is 23.9 Å². The number of carbonyl (C=O) groups is 2. The van der Waals surface area contributed by atoms with E-state index in [2.05, 4.69) is 10.4 Å². The second-order valence-electron chi connectivity index (χ2n) is 6.05. The third-order valence-electron chi connectivity index (χ3n) is 4.14. The first-order valence-corrected chi connectivity index (χ1v) is 8.11. The Morgan fingerprint density at radius 1 is 1.33 bits per heavy atom. The number of ether oxygens (including phenoxy) is 1. The van der Waals surface area contributed by atoms with Crippen LogP contribution in [0.4, 0.5) is 24.5 Å². The fourth-order valence-electron chi connectivity index (χ4n) is 2.94. The highest BCUT2D eigenvalue weighted by Gasteiger charge is 2.39. The maximum absolute atomic E-state index is 13.0. The molecule has 0 unspecified atom stereocenters. The average molecular weight is 382 g/mol. The fourth-order valence-corrected chi connectivity index (χ4v) is 2.94. The number of nitrogens with one attached hydrogen (secondary N) is 1. The molecule has 10 heteroatoms. The third kappa shape index (κ3) is 3.74. The summed E-state index contributed by atoms with van der Waals surface area (Å²) in [4.78, 5) is 25.8. The van der Waals surface area contributed by atoms with E-state index in [0.29, 0.717) is 24.4 Å². The number of carbonyl (C=O) groups excluding carboxylic acids is 2. The Morgan fingerprint density at radius 2 is 2.07 bits per heavy atom. The number of hydrogen-bond acceptors (Lipinski definition) is 4. The summed E-state index contributed by atoms with van der Waals surface area (Å²) < 4.78 is 45.3. The Kier molecular flexibility index (Phi) is 4.81. The molecule has 27 heavy (non-hydrogen) atoms. The second-order valence-corrected chi connectivity index (χ2v) is 6.05. The molecule has 2 amide bonds. The summed E-state index contributed by atoms with van der Waals surface area (Å²) in [6, 6.07) is 4.55. The monoisotopic (exact) mass is 382 g/mol. The summed E-state index contributed by atoms with van der Waals surface area (Å²) in [5.74, 6) is -0.636. The Bertz CT molecular complexity index is 892. The number of rotatable bonds is 4. The van der Waals surface area contributed by atoms with Crippen molar-refractivity contribution >= 4 is 23.2 Å². The van der Waals surface area contributed by atoms with Gasteiger partial charge in [0.25, 0.3) is 5.91 Å². The van der Waals surface area contributed by atoms with E-state index in [9.17, 15) is 22.8 Å². The van der Waals surface area contributed by atoms with Crippen LogP contribution in [0.25, 0.3) is 0 Å². The lowest BCUT2D eigenvalue weighted by Gasteiger charge is -2.19. The predicted molar refractivity (Wildman–Crippen MR) is 90.7 cm³/mol. The summed E-state index contributed by atoms with van der Waals surface area (Å²) in [7, 11) is 2.71. The van der Waals surface area contributed by atoms with Crippen molar-refractivity contribution in [3.8, 4) is 5.75 Å². The van der Waals surface area contributed by atoms with Crippen LogP contribution in [0.2, 0.25) is 0 Å². The maximum Gasteiger partial charge on any atom is 0.435 e. The molecule has 1 aromatic heterocycles. The van der Waals surface area contributed by atoms with Gasteiger partial charge in [-0.25, -0.2) is 0 Å². The highest BCUT2D eigenvalue weighted by atomic mass is 19.4. The van der Waals surface area contributed by atoms with Gasteiger partial charge in [0.05, 0.1) is 18.4 Å². The highest BCUT2D eigenvalue weighted by molar-refractivity contribution is 6.05. The van der Waals surface area contributed by atoms with Gasteiger partial charge in [-0.2, -0.15) is 18.3 Å². The molecule has 0 radical (unpaired) electrons. The van der Waals surface area contributed by atoms with Gasteiger partial charge in [0.1, 0.15) is 5.75 Å². The number of aryl methyl sites for hydroxylation is 1. The van der Waals surface area contributed by atoms with Gasteiger partial charge in [-0.3, -0.25) is 14.3 Å². The van der Waals surface area contributed by atoms with E-state index >= 15 is 0 Å². The largest absolute Gasteiger partial charge is 0.494 e. The molecule has 0 spiro atoms. The Hall–Kier alpha value is -3.04. The molecule has 1 aliphatic rings. The van der Waals surface area contributed by atoms with Crippen LogP contribution in [0, 0.1) is 0 Å². The van der Waals surface area contributed by atoms with Gasteiger partial charge in [-0.1, -0.05) is 0 Å². The molecular weight excluding hydrogens is 365 g/mol. The van der Waals surface area contributed by atoms with Gasteiger partial charge in [0, 0.05) is 38.0 Å². The number of halogens is 3. The Morgan fingerprint density at radius 3 is 2.67 bits per heavy atom. The number of amides is 2. The van der Waals surface area contributed by atoms with Gasteiger partial charge in [-0.05, 0) is 18.6 Å². The zero-order valence-corrected chi connectivity index (χ0v) is 14.6. The van der Waals surface area contributed by atoms with Crippen molar-refractivity contribution in [3.05, 3.63) is 35.7 Å². The van der Waals surface area contributed by atoms with Crippen molar-refractivity contribution in [1.29, 1.82) is 0 Å². The number of benzene rings is 1. The van der Waals surface area contributed by atoms with Crippen LogP contribution < -0.4 is 15.0 Å². The first-order chi connectivity index (χ1) is 12.7. The van der Waals surface area contributed by atoms with Gasteiger partial charge in [0.15, 0.2) is 5.69 Å². The average Bonchev–Trinajstić information content (AvgIpc) is 3.20. The molecule has 1 aromatic carbocycles. The Labute approximate surface area is 152 Å². The molecule has 144 valence electrons. The smallest absolute Gasteiger partial charge is 0.435 e. The quantitative estimate of drug-likeness (QED) is 0.882. The van der Waals surface area contributed by atoms with Crippen LogP contribution in [0.3, 0.4) is 0 Å². The molecule has 1 fully saturated rings. The molecule has 2 heterocycles. The minimum atomic E-state index is -4.74. The van der Waals surface area contributed by atoms with Crippen LogP contribution >= 0.6 is 0 Å². The van der Waals surface area contributed by atoms with E-state index in [1.165, 1.54) is 26.3 Å². The number of alkyl halides is 3. The SMILES string of the molecule is COc1cc(NC(=O)c2cn(C)nc2C(F)(F)F)ccc1N1CCCC1=O. The fraction of sp³-hybridized carbons (Fsp3) is 0.353. The summed E-state index contributed by atoms with van der Waals surface area (Å²) in [5.41, 5.74) is -1.05. The van der Waals surface area contributed by atoms with E-state index < -0.39 is 23.3 Å². The highest BCUT2D eigenvalue weighted by Crippen LogP contribution is 2.35. The van der Waals surface area contributed by atoms with Crippen LogP contribution in [0.1, 0.15) is 28.9 Å². The van der Waals surface area contributed by atoms with Crippen LogP contribution in [-0.2, 0) is 18.0 Å². The summed E-state index contributed by atoms with van der Waals surface area (Å²) in [6.07, 6.45) is -2.55. The number of aromatic nitrogens is 2. The van der Waals surface area contributed by atoms with Gasteiger partial charge < -0.3 is 15.0 Å². The number of hydrogen-bond donors (Lipinski definition) is 1. The number of anilines is 2. The molecular formula is C17H17F3N4O3. The second kappa shape index (κ2) is 6.93. The standard InChI is InChI=1S/C17H17F3N4O3/c1-23-9-11(15(22-23)17(18,19)20)16(26)21-10-5-6-12(13(8-10)27-2)24-7-3-4-14(24)25/h5-6,8-9H,3-4,7H2,1-2H3,(H,21,26). The van der Waals surface area contributed by atoms with E-state index in [0.717, 1.165) is 17.3 Å². The van der Waals surface area contributed by atoms with E-state index in [1.54, 1.807) is 11.0 Å². The molecule has 0 aliphatic carbocycles. The van der Waals surface area contributed by atoms with Crippen molar-refractivity contribution in [1.82, 2.24) is 9.78 Å². The molecule has 0 atom stereocenters. The molecule has 2 aromatic rings. The van der Waals surface area contributed by atoms with E-state index in [-0.39, 0.29) is 11.6 Å². The summed E-state index contributed by atoms with van der Waals surface area (Å²) >= 11 is 0. The van der Waals surface area contributed by atoms with Crippen LogP contribution in [0.5, 0.6) is 5.75 Å². The van der Waals surface area contributed by atoms with Gasteiger partial charge in [0.2, 0.25) is 5.91 Å². The van der Waals surface area contributed by atoms with Gasteiger partial charge in [-0.15, -0.1) is 0 Å². The first-order valence-electron chi connectivity index (χ1n) is 8.11. The minimum Gasteiger partial charge on any atom is -0.494 e. The van der Waals surface area contributed by atoms with E-state index in [1.807, 2.05) is 0 Å². The van der Waals surface area contributed by atoms with Crippen molar-refractivity contribution in [2.45, 2.75) is 19.0 Å². The molecule has 7 nitrogen and oxygen atoms in total. The molecule has 3 rings (SSSR count). The predicted octanol–water partition coefficient (Wildman–Crippen LogP) is 2.83. The topological polar surface area (TPSA) is 76.5 Å². The third-order valence-corrected chi connectivity index (χ3v) is 4.14. The molecule has 0 saturated carbocycles. The van der Waals surface area contributed by atoms with Crippen LogP contribution in [-0.4, -0.2) is 35.2 Å². The van der Waals surface area contributed by atoms with Crippen molar-refractivity contribution in [3.63, 3.8) is 0 Å². The van der Waals surface area contributed by atoms with E-state index in [4.69, 9.17) is 4.74 Å². The lowest BCUT2D eigenvalue weighted by Crippen LogP contribution is -2.24. The molecule has 1 saturated heterocycles. The first kappa shape index (κ1) is 18.7. The normalized spacial score (nSPS) is 14.6. The lowest BCUT2D eigenvalue weighted by atomic mass is 10.2. The number of nitrogens with zero attached hydrogens (tertiary/aromatic N) is 3. The Balaban J connectivity index is 1.86. The minimum absolute atomic E-state index is 0.0322. The maximum atomic E-state index is 13.0. The number of methoxy groups -OCH3 is 1.